The Labute approximate surface area is 91.0 Å². The minimum absolute atomic E-state index is 0.0311. The van der Waals surface area contributed by atoms with Crippen LogP contribution in [0.5, 0.6) is 0 Å². The summed E-state index contributed by atoms with van der Waals surface area (Å²) in [6.45, 7) is 3.07. The number of nitro benzene ring substituents is 1. The molecule has 0 N–H and O–H groups in total. The number of carbonyl (C=O) groups excluding carboxylic acids is 1. The van der Waals surface area contributed by atoms with Gasteiger partial charge in [0.05, 0.1) is 11.5 Å². The Bertz CT molecular complexity index is 445. The number of carbonyl (C=O) groups is 1. The third kappa shape index (κ3) is 2.33. The number of nitro groups is 1. The van der Waals surface area contributed by atoms with Gasteiger partial charge in [-0.1, -0.05) is 0 Å². The van der Waals surface area contributed by atoms with Gasteiger partial charge >= 0.3 is 5.97 Å². The van der Waals surface area contributed by atoms with Crippen LogP contribution in [0.2, 0.25) is 0 Å². The van der Waals surface area contributed by atoms with Crippen molar-refractivity contribution in [3.05, 3.63) is 39.2 Å². The van der Waals surface area contributed by atoms with E-state index in [0.717, 1.165) is 12.1 Å². The van der Waals surface area contributed by atoms with Crippen LogP contribution in [0, 0.1) is 22.9 Å². The second kappa shape index (κ2) is 4.69. The van der Waals surface area contributed by atoms with Crippen LogP contribution in [0.3, 0.4) is 0 Å². The molecule has 0 saturated carbocycles. The molecule has 1 aromatic rings. The van der Waals surface area contributed by atoms with Gasteiger partial charge in [0.2, 0.25) is 0 Å². The van der Waals surface area contributed by atoms with Gasteiger partial charge in [0.15, 0.2) is 5.56 Å². The predicted molar refractivity (Wildman–Crippen MR) is 53.7 cm³/mol. The minimum Gasteiger partial charge on any atom is -0.462 e. The van der Waals surface area contributed by atoms with Crippen molar-refractivity contribution < 1.29 is 18.8 Å². The first-order chi connectivity index (χ1) is 7.47. The fourth-order valence-electron chi connectivity index (χ4n) is 1.27. The number of nitrogens with zero attached hydrogens (tertiary/aromatic N) is 1. The molecule has 0 amide bonds. The molecular formula is C10H10FNO4. The van der Waals surface area contributed by atoms with Gasteiger partial charge in [-0.2, -0.15) is 0 Å². The monoisotopic (exact) mass is 227 g/mol. The standard InChI is InChI=1S/C10H10FNO4/c1-3-16-10(13)9-7(11)4-6(2)5-8(9)12(14)15/h4-5H,3H2,1-2H3. The maximum atomic E-state index is 13.4. The molecule has 1 aromatic carbocycles. The average Bonchev–Trinajstić information content (AvgIpc) is 2.16. The maximum absolute atomic E-state index is 13.4. The van der Waals surface area contributed by atoms with Crippen LogP contribution in [0.15, 0.2) is 12.1 Å². The summed E-state index contributed by atoms with van der Waals surface area (Å²) in [6, 6.07) is 2.19. The molecule has 0 unspecified atom stereocenters. The SMILES string of the molecule is CCOC(=O)c1c(F)cc(C)cc1[N+](=O)[O-]. The third-order valence-electron chi connectivity index (χ3n) is 1.89. The molecule has 0 radical (unpaired) electrons. The van der Waals surface area contributed by atoms with E-state index in [9.17, 15) is 19.3 Å². The highest BCUT2D eigenvalue weighted by Gasteiger charge is 2.26. The first kappa shape index (κ1) is 12.1. The van der Waals surface area contributed by atoms with E-state index in [1.165, 1.54) is 13.8 Å². The Morgan fingerprint density at radius 1 is 1.56 bits per heavy atom. The molecule has 0 aliphatic carbocycles. The van der Waals surface area contributed by atoms with Gasteiger partial charge in [-0.05, 0) is 25.5 Å². The van der Waals surface area contributed by atoms with E-state index in [4.69, 9.17) is 0 Å². The first-order valence-corrected chi connectivity index (χ1v) is 4.59. The Balaban J connectivity index is 3.35. The van der Waals surface area contributed by atoms with Crippen molar-refractivity contribution in [1.82, 2.24) is 0 Å². The summed E-state index contributed by atoms with van der Waals surface area (Å²) in [5.74, 6) is -1.96. The molecule has 0 aliphatic rings. The lowest BCUT2D eigenvalue weighted by molar-refractivity contribution is -0.385. The Morgan fingerprint density at radius 3 is 2.69 bits per heavy atom. The van der Waals surface area contributed by atoms with Gasteiger partial charge in [0.25, 0.3) is 5.69 Å². The first-order valence-electron chi connectivity index (χ1n) is 4.59. The fraction of sp³-hybridized carbons (Fsp3) is 0.300. The molecule has 16 heavy (non-hydrogen) atoms. The number of hydrogen-bond donors (Lipinski definition) is 0. The van der Waals surface area contributed by atoms with E-state index in [0.29, 0.717) is 5.56 Å². The van der Waals surface area contributed by atoms with Gasteiger partial charge in [-0.25, -0.2) is 9.18 Å². The maximum Gasteiger partial charge on any atom is 0.348 e. The number of hydrogen-bond acceptors (Lipinski definition) is 4. The average molecular weight is 227 g/mol. The molecule has 86 valence electrons. The van der Waals surface area contributed by atoms with Crippen molar-refractivity contribution in [2.45, 2.75) is 13.8 Å². The molecule has 0 aliphatic heterocycles. The highest BCUT2D eigenvalue weighted by molar-refractivity contribution is 5.94. The molecule has 0 bridgehead atoms. The van der Waals surface area contributed by atoms with Crippen molar-refractivity contribution in [1.29, 1.82) is 0 Å². The lowest BCUT2D eigenvalue weighted by atomic mass is 10.1. The highest BCUT2D eigenvalue weighted by Crippen LogP contribution is 2.24. The Morgan fingerprint density at radius 2 is 2.19 bits per heavy atom. The number of ether oxygens (including phenoxy) is 1. The van der Waals surface area contributed by atoms with E-state index >= 15 is 0 Å². The minimum atomic E-state index is -1.02. The Hall–Kier alpha value is -1.98. The summed E-state index contributed by atoms with van der Waals surface area (Å²) in [7, 11) is 0. The van der Waals surface area contributed by atoms with Crippen molar-refractivity contribution >= 4 is 11.7 Å². The summed E-state index contributed by atoms with van der Waals surface area (Å²) in [6.07, 6.45) is 0. The molecule has 5 nitrogen and oxygen atoms in total. The smallest absolute Gasteiger partial charge is 0.348 e. The molecule has 0 spiro atoms. The summed E-state index contributed by atoms with van der Waals surface area (Å²) in [5, 5.41) is 10.7. The van der Waals surface area contributed by atoms with Crippen LogP contribution in [-0.4, -0.2) is 17.5 Å². The highest BCUT2D eigenvalue weighted by atomic mass is 19.1. The lowest BCUT2D eigenvalue weighted by Crippen LogP contribution is -2.11. The zero-order valence-electron chi connectivity index (χ0n) is 8.82. The largest absolute Gasteiger partial charge is 0.462 e. The molecule has 6 heteroatoms. The Kier molecular flexibility index (Phi) is 3.55. The van der Waals surface area contributed by atoms with Gasteiger partial charge < -0.3 is 4.74 Å². The third-order valence-corrected chi connectivity index (χ3v) is 1.89. The molecule has 0 fully saturated rings. The fourth-order valence-corrected chi connectivity index (χ4v) is 1.27. The van der Waals surface area contributed by atoms with E-state index in [1.807, 2.05) is 0 Å². The lowest BCUT2D eigenvalue weighted by Gasteiger charge is -2.05. The van der Waals surface area contributed by atoms with Crippen LogP contribution < -0.4 is 0 Å². The number of esters is 1. The van der Waals surface area contributed by atoms with Gasteiger partial charge in [-0.15, -0.1) is 0 Å². The van der Waals surface area contributed by atoms with E-state index in [2.05, 4.69) is 4.74 Å². The summed E-state index contributed by atoms with van der Waals surface area (Å²) in [5.41, 5.74) is -0.828. The van der Waals surface area contributed by atoms with Gasteiger partial charge in [0, 0.05) is 6.07 Å². The van der Waals surface area contributed by atoms with Crippen LogP contribution in [0.1, 0.15) is 22.8 Å². The second-order valence-electron chi connectivity index (χ2n) is 3.12. The van der Waals surface area contributed by atoms with E-state index in [1.54, 1.807) is 0 Å². The van der Waals surface area contributed by atoms with Gasteiger partial charge in [0.1, 0.15) is 5.82 Å². The van der Waals surface area contributed by atoms with Crippen molar-refractivity contribution in [2.24, 2.45) is 0 Å². The second-order valence-corrected chi connectivity index (χ2v) is 3.12. The zero-order valence-corrected chi connectivity index (χ0v) is 8.82. The summed E-state index contributed by atoms with van der Waals surface area (Å²) < 4.78 is 18.0. The molecule has 1 rings (SSSR count). The number of halogens is 1. The molecule has 0 atom stereocenters. The van der Waals surface area contributed by atoms with Crippen molar-refractivity contribution in [2.75, 3.05) is 6.61 Å². The van der Waals surface area contributed by atoms with Crippen LogP contribution in [0.4, 0.5) is 10.1 Å². The van der Waals surface area contributed by atoms with Crippen molar-refractivity contribution in [3.8, 4) is 0 Å². The summed E-state index contributed by atoms with van der Waals surface area (Å²) >= 11 is 0. The van der Waals surface area contributed by atoms with Crippen LogP contribution >= 0.6 is 0 Å². The van der Waals surface area contributed by atoms with Crippen LogP contribution in [-0.2, 0) is 4.74 Å². The predicted octanol–water partition coefficient (Wildman–Crippen LogP) is 2.22. The molecule has 0 aromatic heterocycles. The van der Waals surface area contributed by atoms with Crippen LogP contribution in [0.25, 0.3) is 0 Å². The summed E-state index contributed by atoms with van der Waals surface area (Å²) in [4.78, 5) is 21.2. The number of rotatable bonds is 3. The zero-order chi connectivity index (χ0) is 12.3. The van der Waals surface area contributed by atoms with E-state index in [-0.39, 0.29) is 6.61 Å². The number of aryl methyl sites for hydroxylation is 1. The molecule has 0 heterocycles. The van der Waals surface area contributed by atoms with E-state index < -0.39 is 28.0 Å². The molecule has 0 saturated heterocycles. The topological polar surface area (TPSA) is 69.4 Å². The molecular weight excluding hydrogens is 217 g/mol. The quantitative estimate of drug-likeness (QED) is 0.451. The van der Waals surface area contributed by atoms with Gasteiger partial charge in [-0.3, -0.25) is 10.1 Å². The normalized spacial score (nSPS) is 9.94. The van der Waals surface area contributed by atoms with Crippen molar-refractivity contribution in [3.63, 3.8) is 0 Å². The number of benzene rings is 1.